The van der Waals surface area contributed by atoms with Crippen LogP contribution in [0.3, 0.4) is 0 Å². The van der Waals surface area contributed by atoms with Crippen LogP contribution < -0.4 is 0 Å². The SMILES string of the molecule is C[C@H](c1ccccc1)C(CC(=O)OC(C)(C)C)C(=O)O. The van der Waals surface area contributed by atoms with E-state index in [1.807, 2.05) is 37.3 Å². The van der Waals surface area contributed by atoms with Crippen molar-refractivity contribution in [1.82, 2.24) is 0 Å². The van der Waals surface area contributed by atoms with Crippen LogP contribution in [0.2, 0.25) is 0 Å². The van der Waals surface area contributed by atoms with Gasteiger partial charge in [-0.25, -0.2) is 0 Å². The summed E-state index contributed by atoms with van der Waals surface area (Å²) in [7, 11) is 0. The van der Waals surface area contributed by atoms with Gasteiger partial charge in [-0.05, 0) is 32.3 Å². The van der Waals surface area contributed by atoms with Gasteiger partial charge in [0.25, 0.3) is 0 Å². The first kappa shape index (κ1) is 16.2. The third-order valence-electron chi connectivity index (χ3n) is 3.05. The Bertz CT molecular complexity index is 459. The van der Waals surface area contributed by atoms with Crippen molar-refractivity contribution in [1.29, 1.82) is 0 Å². The fourth-order valence-electron chi connectivity index (χ4n) is 2.03. The predicted octanol–water partition coefficient (Wildman–Crippen LogP) is 3.22. The van der Waals surface area contributed by atoms with Gasteiger partial charge in [-0.2, -0.15) is 0 Å². The number of hydrogen-bond donors (Lipinski definition) is 1. The Morgan fingerprint density at radius 3 is 2.20 bits per heavy atom. The molecule has 0 aliphatic heterocycles. The molecule has 0 radical (unpaired) electrons. The third-order valence-corrected chi connectivity index (χ3v) is 3.05. The number of carboxylic acids is 1. The first-order valence-corrected chi connectivity index (χ1v) is 6.70. The number of carbonyl (C=O) groups excluding carboxylic acids is 1. The minimum atomic E-state index is -0.979. The fraction of sp³-hybridized carbons (Fsp3) is 0.500. The van der Waals surface area contributed by atoms with Crippen molar-refractivity contribution in [3.63, 3.8) is 0 Å². The molecule has 0 spiro atoms. The van der Waals surface area contributed by atoms with Crippen LogP contribution in [0.1, 0.15) is 45.6 Å². The maximum Gasteiger partial charge on any atom is 0.307 e. The summed E-state index contributed by atoms with van der Waals surface area (Å²) in [6.45, 7) is 7.11. The molecular weight excluding hydrogens is 256 g/mol. The number of ether oxygens (including phenoxy) is 1. The summed E-state index contributed by atoms with van der Waals surface area (Å²) in [5.74, 6) is -2.49. The van der Waals surface area contributed by atoms with E-state index < -0.39 is 23.5 Å². The van der Waals surface area contributed by atoms with E-state index in [0.717, 1.165) is 5.56 Å². The lowest BCUT2D eigenvalue weighted by Crippen LogP contribution is -2.29. The van der Waals surface area contributed by atoms with E-state index in [2.05, 4.69) is 0 Å². The normalized spacial score (nSPS) is 14.4. The van der Waals surface area contributed by atoms with Gasteiger partial charge in [0.2, 0.25) is 0 Å². The van der Waals surface area contributed by atoms with Gasteiger partial charge < -0.3 is 9.84 Å². The van der Waals surface area contributed by atoms with Crippen LogP contribution in [0.4, 0.5) is 0 Å². The molecule has 1 unspecified atom stereocenters. The van der Waals surface area contributed by atoms with Crippen molar-refractivity contribution in [3.8, 4) is 0 Å². The standard InChI is InChI=1S/C16H22O4/c1-11(12-8-6-5-7-9-12)13(15(18)19)10-14(17)20-16(2,3)4/h5-9,11,13H,10H2,1-4H3,(H,18,19)/t11-,13?/m1/s1. The Balaban J connectivity index is 2.80. The molecule has 0 bridgehead atoms. The van der Waals surface area contributed by atoms with Gasteiger partial charge in [0.15, 0.2) is 0 Å². The summed E-state index contributed by atoms with van der Waals surface area (Å²) in [5.41, 5.74) is 0.305. The summed E-state index contributed by atoms with van der Waals surface area (Å²) in [5, 5.41) is 9.34. The lowest BCUT2D eigenvalue weighted by atomic mass is 9.85. The third kappa shape index (κ3) is 5.03. The van der Waals surface area contributed by atoms with Gasteiger partial charge in [-0.15, -0.1) is 0 Å². The smallest absolute Gasteiger partial charge is 0.307 e. The minimum Gasteiger partial charge on any atom is -0.481 e. The number of hydrogen-bond acceptors (Lipinski definition) is 3. The summed E-state index contributed by atoms with van der Waals surface area (Å²) < 4.78 is 5.20. The lowest BCUT2D eigenvalue weighted by molar-refractivity contribution is -0.160. The van der Waals surface area contributed by atoms with Crippen molar-refractivity contribution < 1.29 is 19.4 Å². The Hall–Kier alpha value is -1.84. The summed E-state index contributed by atoms with van der Waals surface area (Å²) in [6.07, 6.45) is -0.122. The van der Waals surface area contributed by atoms with Crippen LogP contribution in [0.25, 0.3) is 0 Å². The number of carboxylic acid groups (broad SMARTS) is 1. The van der Waals surface area contributed by atoms with Crippen LogP contribution in [0.15, 0.2) is 30.3 Å². The molecule has 1 aromatic rings. The minimum absolute atomic E-state index is 0.122. The summed E-state index contributed by atoms with van der Waals surface area (Å²) >= 11 is 0. The number of benzene rings is 1. The van der Waals surface area contributed by atoms with Crippen molar-refractivity contribution in [2.75, 3.05) is 0 Å². The highest BCUT2D eigenvalue weighted by Gasteiger charge is 2.30. The summed E-state index contributed by atoms with van der Waals surface area (Å²) in [4.78, 5) is 23.2. The maximum atomic E-state index is 11.8. The number of carbonyl (C=O) groups is 2. The monoisotopic (exact) mass is 278 g/mol. The number of aliphatic carboxylic acids is 1. The lowest BCUT2D eigenvalue weighted by Gasteiger charge is -2.23. The average Bonchev–Trinajstić information content (AvgIpc) is 2.34. The molecule has 4 heteroatoms. The highest BCUT2D eigenvalue weighted by Crippen LogP contribution is 2.28. The molecule has 4 nitrogen and oxygen atoms in total. The molecule has 0 heterocycles. The van der Waals surface area contributed by atoms with Crippen molar-refractivity contribution in [2.24, 2.45) is 5.92 Å². The van der Waals surface area contributed by atoms with E-state index in [9.17, 15) is 14.7 Å². The first-order valence-electron chi connectivity index (χ1n) is 6.70. The van der Waals surface area contributed by atoms with Crippen molar-refractivity contribution in [3.05, 3.63) is 35.9 Å². The quantitative estimate of drug-likeness (QED) is 0.840. The van der Waals surface area contributed by atoms with E-state index in [1.54, 1.807) is 20.8 Å². The zero-order valence-electron chi connectivity index (χ0n) is 12.4. The van der Waals surface area contributed by atoms with Crippen molar-refractivity contribution in [2.45, 2.75) is 45.6 Å². The molecule has 20 heavy (non-hydrogen) atoms. The van der Waals surface area contributed by atoms with E-state index in [4.69, 9.17) is 4.74 Å². The number of rotatable bonds is 5. The Morgan fingerprint density at radius 2 is 1.75 bits per heavy atom. The van der Waals surface area contributed by atoms with Gasteiger partial charge in [0.1, 0.15) is 5.60 Å². The largest absolute Gasteiger partial charge is 0.481 e. The molecule has 0 aromatic heterocycles. The second kappa shape index (κ2) is 6.55. The van der Waals surface area contributed by atoms with Crippen LogP contribution >= 0.6 is 0 Å². The predicted molar refractivity (Wildman–Crippen MR) is 76.4 cm³/mol. The van der Waals surface area contributed by atoms with Gasteiger partial charge in [-0.1, -0.05) is 37.3 Å². The van der Waals surface area contributed by atoms with E-state index in [0.29, 0.717) is 0 Å². The van der Waals surface area contributed by atoms with E-state index in [1.165, 1.54) is 0 Å². The molecule has 1 N–H and O–H groups in total. The molecule has 1 aromatic carbocycles. The maximum absolute atomic E-state index is 11.8. The second-order valence-corrected chi connectivity index (χ2v) is 5.93. The Morgan fingerprint density at radius 1 is 1.20 bits per heavy atom. The average molecular weight is 278 g/mol. The molecule has 0 aliphatic carbocycles. The highest BCUT2D eigenvalue weighted by molar-refractivity contribution is 5.79. The second-order valence-electron chi connectivity index (χ2n) is 5.93. The molecule has 0 saturated heterocycles. The topological polar surface area (TPSA) is 63.6 Å². The molecule has 0 saturated carbocycles. The van der Waals surface area contributed by atoms with Gasteiger partial charge in [-0.3, -0.25) is 9.59 Å². The number of esters is 1. The fourth-order valence-corrected chi connectivity index (χ4v) is 2.03. The molecular formula is C16H22O4. The zero-order chi connectivity index (χ0) is 15.3. The van der Waals surface area contributed by atoms with Crippen LogP contribution in [-0.4, -0.2) is 22.6 Å². The van der Waals surface area contributed by atoms with Gasteiger partial charge in [0.05, 0.1) is 12.3 Å². The van der Waals surface area contributed by atoms with Gasteiger partial charge >= 0.3 is 11.9 Å². The highest BCUT2D eigenvalue weighted by atomic mass is 16.6. The van der Waals surface area contributed by atoms with Crippen molar-refractivity contribution >= 4 is 11.9 Å². The van der Waals surface area contributed by atoms with Crippen LogP contribution in [0.5, 0.6) is 0 Å². The first-order chi connectivity index (χ1) is 9.20. The summed E-state index contributed by atoms with van der Waals surface area (Å²) in [6, 6.07) is 9.34. The van der Waals surface area contributed by atoms with Crippen LogP contribution in [0, 0.1) is 5.92 Å². The molecule has 0 aliphatic rings. The van der Waals surface area contributed by atoms with E-state index >= 15 is 0 Å². The molecule has 0 fully saturated rings. The van der Waals surface area contributed by atoms with Gasteiger partial charge in [0, 0.05) is 0 Å². The molecule has 1 rings (SSSR count). The molecule has 110 valence electrons. The Labute approximate surface area is 119 Å². The van der Waals surface area contributed by atoms with E-state index in [-0.39, 0.29) is 12.3 Å². The zero-order valence-corrected chi connectivity index (χ0v) is 12.4. The molecule has 0 amide bonds. The Kier molecular flexibility index (Phi) is 5.31. The van der Waals surface area contributed by atoms with Crippen LogP contribution in [-0.2, 0) is 14.3 Å². The molecule has 2 atom stereocenters.